The summed E-state index contributed by atoms with van der Waals surface area (Å²) in [6.07, 6.45) is -2.36. The monoisotopic (exact) mass is 261 g/mol. The van der Waals surface area contributed by atoms with Gasteiger partial charge in [0, 0.05) is 19.3 Å². The molecule has 18 heavy (non-hydrogen) atoms. The molecule has 0 aliphatic carbocycles. The van der Waals surface area contributed by atoms with Gasteiger partial charge in [0.05, 0.1) is 5.60 Å². The van der Waals surface area contributed by atoms with E-state index in [4.69, 9.17) is 0 Å². The van der Waals surface area contributed by atoms with E-state index < -0.39 is 17.5 Å². The summed E-state index contributed by atoms with van der Waals surface area (Å²) >= 11 is 0. The van der Waals surface area contributed by atoms with Crippen LogP contribution >= 0.6 is 0 Å². The highest BCUT2D eigenvalue weighted by Crippen LogP contribution is 2.29. The van der Waals surface area contributed by atoms with Crippen LogP contribution in [0.5, 0.6) is 0 Å². The van der Waals surface area contributed by atoms with Crippen LogP contribution in [0.2, 0.25) is 0 Å². The second-order valence-electron chi connectivity index (χ2n) is 4.72. The summed E-state index contributed by atoms with van der Waals surface area (Å²) in [7, 11) is 0. The van der Waals surface area contributed by atoms with Gasteiger partial charge in [-0.25, -0.2) is 9.97 Å². The van der Waals surface area contributed by atoms with Gasteiger partial charge < -0.3 is 10.0 Å². The molecule has 0 atom stereocenters. The number of piperidine rings is 1. The van der Waals surface area contributed by atoms with Crippen LogP contribution in [-0.2, 0) is 6.18 Å². The lowest BCUT2D eigenvalue weighted by Gasteiger charge is -2.35. The van der Waals surface area contributed by atoms with Crippen molar-refractivity contribution in [3.63, 3.8) is 0 Å². The van der Waals surface area contributed by atoms with E-state index in [2.05, 4.69) is 9.97 Å². The lowest BCUT2D eigenvalue weighted by atomic mass is 9.94. The van der Waals surface area contributed by atoms with Gasteiger partial charge in [0.15, 0.2) is 0 Å². The zero-order chi connectivity index (χ0) is 13.4. The third kappa shape index (κ3) is 2.90. The van der Waals surface area contributed by atoms with E-state index in [1.165, 1.54) is 0 Å². The molecule has 1 N–H and O–H groups in total. The minimum absolute atomic E-state index is 0.0697. The van der Waals surface area contributed by atoms with Gasteiger partial charge in [-0.3, -0.25) is 0 Å². The topological polar surface area (TPSA) is 49.2 Å². The van der Waals surface area contributed by atoms with Crippen molar-refractivity contribution in [2.45, 2.75) is 31.5 Å². The Labute approximate surface area is 102 Å². The summed E-state index contributed by atoms with van der Waals surface area (Å²) in [5, 5.41) is 9.78. The van der Waals surface area contributed by atoms with Gasteiger partial charge in [0.1, 0.15) is 5.69 Å². The van der Waals surface area contributed by atoms with Crippen molar-refractivity contribution >= 4 is 5.95 Å². The van der Waals surface area contributed by atoms with Gasteiger partial charge in [0.25, 0.3) is 0 Å². The van der Waals surface area contributed by atoms with Crippen LogP contribution in [0.4, 0.5) is 19.1 Å². The molecule has 7 heteroatoms. The zero-order valence-corrected chi connectivity index (χ0v) is 9.91. The molecule has 0 unspecified atom stereocenters. The largest absolute Gasteiger partial charge is 0.433 e. The van der Waals surface area contributed by atoms with Crippen molar-refractivity contribution in [3.05, 3.63) is 18.0 Å². The minimum Gasteiger partial charge on any atom is -0.390 e. The second-order valence-corrected chi connectivity index (χ2v) is 4.72. The van der Waals surface area contributed by atoms with Crippen LogP contribution < -0.4 is 4.90 Å². The van der Waals surface area contributed by atoms with E-state index >= 15 is 0 Å². The maximum atomic E-state index is 12.5. The standard InChI is InChI=1S/C11H14F3N3O/c1-10(18)3-6-17(7-4-10)9-15-5-2-8(16-9)11(12,13)14/h2,5,18H,3-4,6-7H2,1H3. The maximum absolute atomic E-state index is 12.5. The zero-order valence-electron chi connectivity index (χ0n) is 9.91. The number of halogens is 3. The highest BCUT2D eigenvalue weighted by Gasteiger charge is 2.34. The van der Waals surface area contributed by atoms with Crippen LogP contribution in [-0.4, -0.2) is 33.8 Å². The first-order valence-corrected chi connectivity index (χ1v) is 5.65. The van der Waals surface area contributed by atoms with E-state index in [0.717, 1.165) is 12.3 Å². The molecule has 0 aromatic carbocycles. The lowest BCUT2D eigenvalue weighted by Crippen LogP contribution is -2.43. The van der Waals surface area contributed by atoms with Gasteiger partial charge in [-0.15, -0.1) is 0 Å². The Morgan fingerprint density at radius 1 is 1.33 bits per heavy atom. The average molecular weight is 261 g/mol. The third-order valence-corrected chi connectivity index (χ3v) is 3.06. The van der Waals surface area contributed by atoms with Crippen LogP contribution in [0, 0.1) is 0 Å². The Hall–Kier alpha value is -1.37. The highest BCUT2D eigenvalue weighted by molar-refractivity contribution is 5.32. The predicted octanol–water partition coefficient (Wildman–Crippen LogP) is 1.85. The number of aromatic nitrogens is 2. The van der Waals surface area contributed by atoms with E-state index in [-0.39, 0.29) is 5.95 Å². The Morgan fingerprint density at radius 2 is 1.94 bits per heavy atom. The molecule has 4 nitrogen and oxygen atoms in total. The van der Waals surface area contributed by atoms with Crippen molar-refractivity contribution in [3.8, 4) is 0 Å². The molecule has 0 bridgehead atoms. The van der Waals surface area contributed by atoms with E-state index in [9.17, 15) is 18.3 Å². The molecule has 1 aliphatic heterocycles. The molecule has 2 heterocycles. The molecule has 0 saturated carbocycles. The second kappa shape index (κ2) is 4.38. The number of alkyl halides is 3. The lowest BCUT2D eigenvalue weighted by molar-refractivity contribution is -0.141. The van der Waals surface area contributed by atoms with Gasteiger partial charge in [-0.2, -0.15) is 13.2 Å². The molecular weight excluding hydrogens is 247 g/mol. The van der Waals surface area contributed by atoms with Crippen molar-refractivity contribution < 1.29 is 18.3 Å². The summed E-state index contributed by atoms with van der Waals surface area (Å²) < 4.78 is 37.5. The normalized spacial score (nSPS) is 19.9. The van der Waals surface area contributed by atoms with Gasteiger partial charge >= 0.3 is 6.18 Å². The predicted molar refractivity (Wildman–Crippen MR) is 59.1 cm³/mol. The number of hydrogen-bond acceptors (Lipinski definition) is 4. The molecule has 1 saturated heterocycles. The number of aliphatic hydroxyl groups is 1. The molecule has 2 rings (SSSR count). The Morgan fingerprint density at radius 3 is 2.50 bits per heavy atom. The molecule has 0 spiro atoms. The van der Waals surface area contributed by atoms with Gasteiger partial charge in [-0.1, -0.05) is 0 Å². The van der Waals surface area contributed by atoms with E-state index in [1.54, 1.807) is 11.8 Å². The molecule has 100 valence electrons. The van der Waals surface area contributed by atoms with Crippen LogP contribution in [0.15, 0.2) is 12.3 Å². The maximum Gasteiger partial charge on any atom is 0.433 e. The third-order valence-electron chi connectivity index (χ3n) is 3.06. The number of anilines is 1. The van der Waals surface area contributed by atoms with Crippen LogP contribution in [0.25, 0.3) is 0 Å². The van der Waals surface area contributed by atoms with Crippen molar-refractivity contribution in [1.29, 1.82) is 0 Å². The molecular formula is C11H14F3N3O. The van der Waals surface area contributed by atoms with E-state index in [1.807, 2.05) is 0 Å². The highest BCUT2D eigenvalue weighted by atomic mass is 19.4. The molecule has 1 aromatic heterocycles. The first kappa shape index (κ1) is 13.1. The fourth-order valence-corrected chi connectivity index (χ4v) is 1.85. The quantitative estimate of drug-likeness (QED) is 0.838. The number of nitrogens with zero attached hydrogens (tertiary/aromatic N) is 3. The van der Waals surface area contributed by atoms with Crippen molar-refractivity contribution in [2.24, 2.45) is 0 Å². The first-order chi connectivity index (χ1) is 8.28. The molecule has 1 fully saturated rings. The SMILES string of the molecule is CC1(O)CCN(c2nccc(C(F)(F)F)n2)CC1. The number of rotatable bonds is 1. The van der Waals surface area contributed by atoms with Crippen molar-refractivity contribution in [2.75, 3.05) is 18.0 Å². The molecule has 0 radical (unpaired) electrons. The molecule has 1 aromatic rings. The smallest absolute Gasteiger partial charge is 0.390 e. The van der Waals surface area contributed by atoms with Gasteiger partial charge in [-0.05, 0) is 25.8 Å². The average Bonchev–Trinajstić information content (AvgIpc) is 2.28. The summed E-state index contributed by atoms with van der Waals surface area (Å²) in [6.45, 7) is 2.62. The Kier molecular flexibility index (Phi) is 3.18. The Bertz CT molecular complexity index is 424. The number of hydrogen-bond donors (Lipinski definition) is 1. The summed E-state index contributed by atoms with van der Waals surface area (Å²) in [5.74, 6) is 0.0697. The first-order valence-electron chi connectivity index (χ1n) is 5.65. The van der Waals surface area contributed by atoms with Crippen molar-refractivity contribution in [1.82, 2.24) is 9.97 Å². The fourth-order valence-electron chi connectivity index (χ4n) is 1.85. The fraction of sp³-hybridized carbons (Fsp3) is 0.636. The Balaban J connectivity index is 2.15. The van der Waals surface area contributed by atoms with Gasteiger partial charge in [0.2, 0.25) is 5.95 Å². The molecule has 1 aliphatic rings. The summed E-state index contributed by atoms with van der Waals surface area (Å²) in [6, 6.07) is 0.851. The van der Waals surface area contributed by atoms with E-state index in [0.29, 0.717) is 25.9 Å². The summed E-state index contributed by atoms with van der Waals surface area (Å²) in [4.78, 5) is 9.04. The van der Waals surface area contributed by atoms with Crippen LogP contribution in [0.1, 0.15) is 25.5 Å². The van der Waals surface area contributed by atoms with Crippen LogP contribution in [0.3, 0.4) is 0 Å². The minimum atomic E-state index is -4.46. The molecule has 0 amide bonds. The summed E-state index contributed by atoms with van der Waals surface area (Å²) in [5.41, 5.74) is -1.69.